The number of esters is 1. The Hall–Kier alpha value is -0.970. The summed E-state index contributed by atoms with van der Waals surface area (Å²) in [5, 5.41) is 0.367. The lowest BCUT2D eigenvalue weighted by Gasteiger charge is -2.07. The summed E-state index contributed by atoms with van der Waals surface area (Å²) in [5.74, 6) is 0.0806. The van der Waals surface area contributed by atoms with E-state index in [4.69, 9.17) is 22.1 Å². The lowest BCUT2D eigenvalue weighted by atomic mass is 10.2. The molecule has 6 heteroatoms. The van der Waals surface area contributed by atoms with Gasteiger partial charge >= 0.3 is 5.97 Å². The third kappa shape index (κ3) is 3.89. The zero-order chi connectivity index (χ0) is 11.3. The van der Waals surface area contributed by atoms with Gasteiger partial charge < -0.3 is 15.2 Å². The third-order valence-electron chi connectivity index (χ3n) is 1.73. The number of rotatable bonds is 4. The van der Waals surface area contributed by atoms with Crippen LogP contribution in [-0.4, -0.2) is 26.2 Å². The molecule has 16 heavy (non-hydrogen) atoms. The summed E-state index contributed by atoms with van der Waals surface area (Å²) in [5.41, 5.74) is 5.68. The molecule has 0 aromatic heterocycles. The van der Waals surface area contributed by atoms with Crippen molar-refractivity contribution in [1.82, 2.24) is 0 Å². The molecule has 1 aromatic rings. The molecule has 0 spiro atoms. The Labute approximate surface area is 105 Å². The monoisotopic (exact) mass is 265 g/mol. The molecule has 0 saturated carbocycles. The molecule has 0 bridgehead atoms. The molecule has 0 aliphatic carbocycles. The van der Waals surface area contributed by atoms with Gasteiger partial charge in [-0.1, -0.05) is 11.6 Å². The Morgan fingerprint density at radius 3 is 2.69 bits per heavy atom. The van der Waals surface area contributed by atoms with Gasteiger partial charge in [0.15, 0.2) is 0 Å². The Morgan fingerprint density at radius 1 is 1.50 bits per heavy atom. The Morgan fingerprint density at radius 2 is 2.19 bits per heavy atom. The van der Waals surface area contributed by atoms with Crippen molar-refractivity contribution in [3.8, 4) is 5.75 Å². The maximum Gasteiger partial charge on any atom is 0.337 e. The number of hydrogen-bond donors (Lipinski definition) is 1. The summed E-state index contributed by atoms with van der Waals surface area (Å²) >= 11 is 5.89. The highest BCUT2D eigenvalue weighted by molar-refractivity contribution is 6.32. The maximum atomic E-state index is 11.1. The lowest BCUT2D eigenvalue weighted by Crippen LogP contribution is -2.11. The van der Waals surface area contributed by atoms with E-state index in [9.17, 15) is 4.79 Å². The van der Waals surface area contributed by atoms with Crippen LogP contribution in [0.3, 0.4) is 0 Å². The average Bonchev–Trinajstić information content (AvgIpc) is 2.26. The molecule has 0 saturated heterocycles. The first-order valence-corrected chi connectivity index (χ1v) is 4.77. The molecule has 2 N–H and O–H groups in total. The van der Waals surface area contributed by atoms with Gasteiger partial charge in [-0.05, 0) is 18.2 Å². The van der Waals surface area contributed by atoms with Crippen molar-refractivity contribution in [2.24, 2.45) is 5.73 Å². The summed E-state index contributed by atoms with van der Waals surface area (Å²) in [4.78, 5) is 11.1. The van der Waals surface area contributed by atoms with E-state index < -0.39 is 5.97 Å². The highest BCUT2D eigenvalue weighted by Gasteiger charge is 2.08. The van der Waals surface area contributed by atoms with Gasteiger partial charge in [0.2, 0.25) is 0 Å². The largest absolute Gasteiger partial charge is 0.491 e. The number of benzene rings is 1. The van der Waals surface area contributed by atoms with Crippen molar-refractivity contribution in [3.05, 3.63) is 28.8 Å². The van der Waals surface area contributed by atoms with Crippen LogP contribution in [0.2, 0.25) is 5.02 Å². The molecule has 0 aliphatic heterocycles. The standard InChI is InChI=1S/C10H12ClNO3.ClH/c1-14-10(13)7-2-3-9(8(11)6-7)15-5-4-12;/h2-3,6H,4-5,12H2,1H3;1H. The van der Waals surface area contributed by atoms with E-state index in [1.54, 1.807) is 12.1 Å². The first-order valence-electron chi connectivity index (χ1n) is 4.39. The molecule has 0 radical (unpaired) electrons. The molecule has 0 unspecified atom stereocenters. The van der Waals surface area contributed by atoms with Crippen LogP contribution in [0.1, 0.15) is 10.4 Å². The molecule has 4 nitrogen and oxygen atoms in total. The van der Waals surface area contributed by atoms with Crippen molar-refractivity contribution < 1.29 is 14.3 Å². The fourth-order valence-corrected chi connectivity index (χ4v) is 1.27. The number of carbonyl (C=O) groups excluding carboxylic acids is 1. The van der Waals surface area contributed by atoms with Crippen LogP contribution >= 0.6 is 24.0 Å². The zero-order valence-electron chi connectivity index (χ0n) is 8.73. The number of methoxy groups -OCH3 is 1. The van der Waals surface area contributed by atoms with Crippen LogP contribution in [0.4, 0.5) is 0 Å². The van der Waals surface area contributed by atoms with E-state index in [0.717, 1.165) is 0 Å². The van der Waals surface area contributed by atoms with Crippen LogP contribution in [0, 0.1) is 0 Å². The van der Waals surface area contributed by atoms with Gasteiger partial charge in [0.25, 0.3) is 0 Å². The number of halogens is 2. The van der Waals surface area contributed by atoms with Crippen molar-refractivity contribution in [2.45, 2.75) is 0 Å². The highest BCUT2D eigenvalue weighted by atomic mass is 35.5. The van der Waals surface area contributed by atoms with E-state index in [-0.39, 0.29) is 12.4 Å². The minimum Gasteiger partial charge on any atom is -0.491 e. The van der Waals surface area contributed by atoms with E-state index >= 15 is 0 Å². The Kier molecular flexibility index (Phi) is 6.88. The zero-order valence-corrected chi connectivity index (χ0v) is 10.3. The molecule has 0 amide bonds. The molecular weight excluding hydrogens is 253 g/mol. The second-order valence-corrected chi connectivity index (χ2v) is 3.18. The summed E-state index contributed by atoms with van der Waals surface area (Å²) in [6.45, 7) is 0.798. The van der Waals surface area contributed by atoms with Gasteiger partial charge in [0.05, 0.1) is 17.7 Å². The second kappa shape index (κ2) is 7.33. The third-order valence-corrected chi connectivity index (χ3v) is 2.02. The van der Waals surface area contributed by atoms with Crippen molar-refractivity contribution in [3.63, 3.8) is 0 Å². The van der Waals surface area contributed by atoms with E-state index in [1.807, 2.05) is 0 Å². The van der Waals surface area contributed by atoms with Crippen molar-refractivity contribution in [2.75, 3.05) is 20.3 Å². The minimum atomic E-state index is -0.428. The molecule has 1 aromatic carbocycles. The molecule has 0 fully saturated rings. The summed E-state index contributed by atoms with van der Waals surface area (Å²) in [7, 11) is 1.31. The van der Waals surface area contributed by atoms with Crippen LogP contribution < -0.4 is 10.5 Å². The topological polar surface area (TPSA) is 61.5 Å². The average molecular weight is 266 g/mol. The van der Waals surface area contributed by atoms with Gasteiger partial charge in [-0.3, -0.25) is 0 Å². The van der Waals surface area contributed by atoms with E-state index in [2.05, 4.69) is 4.74 Å². The van der Waals surface area contributed by atoms with E-state index in [1.165, 1.54) is 13.2 Å². The van der Waals surface area contributed by atoms with Crippen molar-refractivity contribution in [1.29, 1.82) is 0 Å². The molecule has 90 valence electrons. The summed E-state index contributed by atoms with van der Waals surface area (Å²) in [6, 6.07) is 4.70. The van der Waals surface area contributed by atoms with Crippen molar-refractivity contribution >= 4 is 30.0 Å². The minimum absolute atomic E-state index is 0. The van der Waals surface area contributed by atoms with Gasteiger partial charge in [-0.15, -0.1) is 12.4 Å². The van der Waals surface area contributed by atoms with E-state index in [0.29, 0.717) is 29.5 Å². The lowest BCUT2D eigenvalue weighted by molar-refractivity contribution is 0.0600. The smallest absolute Gasteiger partial charge is 0.337 e. The second-order valence-electron chi connectivity index (χ2n) is 2.77. The van der Waals surface area contributed by atoms with Gasteiger partial charge in [0.1, 0.15) is 12.4 Å². The van der Waals surface area contributed by atoms with Gasteiger partial charge in [-0.2, -0.15) is 0 Å². The SMILES string of the molecule is COC(=O)c1ccc(OCCN)c(Cl)c1.Cl. The first-order chi connectivity index (χ1) is 7.19. The van der Waals surface area contributed by atoms with Gasteiger partial charge in [0, 0.05) is 6.54 Å². The van der Waals surface area contributed by atoms with Crippen LogP contribution in [0.5, 0.6) is 5.75 Å². The van der Waals surface area contributed by atoms with Crippen LogP contribution in [0.15, 0.2) is 18.2 Å². The molecule has 0 heterocycles. The number of hydrogen-bond acceptors (Lipinski definition) is 4. The van der Waals surface area contributed by atoms with Crippen LogP contribution in [-0.2, 0) is 4.74 Å². The fourth-order valence-electron chi connectivity index (χ4n) is 1.03. The molecule has 1 rings (SSSR count). The first kappa shape index (κ1) is 15.0. The summed E-state index contributed by atoms with van der Waals surface area (Å²) < 4.78 is 9.80. The highest BCUT2D eigenvalue weighted by Crippen LogP contribution is 2.25. The number of nitrogens with two attached hydrogens (primary N) is 1. The quantitative estimate of drug-likeness (QED) is 0.845. The van der Waals surface area contributed by atoms with Crippen LogP contribution in [0.25, 0.3) is 0 Å². The molecular formula is C10H13Cl2NO3. The predicted octanol–water partition coefficient (Wildman–Crippen LogP) is 1.89. The predicted molar refractivity (Wildman–Crippen MR) is 64.6 cm³/mol. The Balaban J connectivity index is 0.00000225. The normalized spacial score (nSPS) is 9.19. The maximum absolute atomic E-state index is 11.1. The number of carbonyl (C=O) groups is 1. The molecule has 0 aliphatic rings. The van der Waals surface area contributed by atoms with Gasteiger partial charge in [-0.25, -0.2) is 4.79 Å². The number of ether oxygens (including phenoxy) is 2. The fraction of sp³-hybridized carbons (Fsp3) is 0.300. The summed E-state index contributed by atoms with van der Waals surface area (Å²) in [6.07, 6.45) is 0. The Bertz CT molecular complexity index is 358. The molecule has 0 atom stereocenters.